The van der Waals surface area contributed by atoms with Gasteiger partial charge in [0.05, 0.1) is 5.69 Å². The molecule has 5 heteroatoms. The zero-order chi connectivity index (χ0) is 8.97. The number of nitrogens with zero attached hydrogens (tertiary/aromatic N) is 1. The van der Waals surface area contributed by atoms with Crippen molar-refractivity contribution in [3.05, 3.63) is 30.3 Å². The lowest BCUT2D eigenvalue weighted by Crippen LogP contribution is -2.39. The van der Waals surface area contributed by atoms with Crippen LogP contribution in [0, 0.1) is 0 Å². The number of anilines is 1. The molecule has 1 aromatic rings. The average Bonchev–Trinajstić information content (AvgIpc) is 2.07. The first-order valence-corrected chi connectivity index (χ1v) is 3.23. The van der Waals surface area contributed by atoms with Gasteiger partial charge in [-0.25, -0.2) is 4.79 Å². The van der Waals surface area contributed by atoms with Gasteiger partial charge in [0, 0.05) is 0 Å². The molecule has 0 saturated heterocycles. The molecule has 3 N–H and O–H groups in total. The van der Waals surface area contributed by atoms with E-state index in [1.54, 1.807) is 35.9 Å². The monoisotopic (exact) mass is 168 g/mol. The quantitative estimate of drug-likeness (QED) is 0.577. The fraction of sp³-hybridized carbons (Fsp3) is 0. The molecule has 0 atom stereocenters. The summed E-state index contributed by atoms with van der Waals surface area (Å²) in [6.45, 7) is 0. The Morgan fingerprint density at radius 2 is 1.92 bits per heavy atom. The standard InChI is InChI=1S/C7H8N2O3/c10-7(11)9(8-12)6-4-2-1-3-5-6/h1-5,8,12H,(H,10,11). The smallest absolute Gasteiger partial charge is 0.428 e. The second-order valence-corrected chi connectivity index (χ2v) is 2.05. The summed E-state index contributed by atoms with van der Waals surface area (Å²) in [5.41, 5.74) is 1.91. The van der Waals surface area contributed by atoms with Crippen molar-refractivity contribution < 1.29 is 15.1 Å². The third-order valence-corrected chi connectivity index (χ3v) is 1.31. The van der Waals surface area contributed by atoms with Gasteiger partial charge >= 0.3 is 6.09 Å². The Kier molecular flexibility index (Phi) is 2.62. The van der Waals surface area contributed by atoms with E-state index in [0.29, 0.717) is 10.7 Å². The molecule has 0 radical (unpaired) electrons. The minimum Gasteiger partial charge on any atom is -0.464 e. The van der Waals surface area contributed by atoms with Crippen LogP contribution in [0.1, 0.15) is 0 Å². The molecule has 0 heterocycles. The Hall–Kier alpha value is -1.59. The summed E-state index contributed by atoms with van der Waals surface area (Å²) in [4.78, 5) is 10.4. The lowest BCUT2D eigenvalue weighted by atomic mass is 10.3. The molecule has 12 heavy (non-hydrogen) atoms. The van der Waals surface area contributed by atoms with Crippen molar-refractivity contribution in [1.29, 1.82) is 0 Å². The van der Waals surface area contributed by atoms with E-state index in [2.05, 4.69) is 0 Å². The van der Waals surface area contributed by atoms with Crippen LogP contribution in [0.3, 0.4) is 0 Å². The highest BCUT2D eigenvalue weighted by molar-refractivity contribution is 5.84. The van der Waals surface area contributed by atoms with Crippen LogP contribution in [0.2, 0.25) is 0 Å². The summed E-state index contributed by atoms with van der Waals surface area (Å²) in [5.74, 6) is 0. The summed E-state index contributed by atoms with van der Waals surface area (Å²) >= 11 is 0. The highest BCUT2D eigenvalue weighted by Gasteiger charge is 2.11. The lowest BCUT2D eigenvalue weighted by Gasteiger charge is -2.15. The fourth-order valence-electron chi connectivity index (χ4n) is 0.788. The lowest BCUT2D eigenvalue weighted by molar-refractivity contribution is 0.136. The second-order valence-electron chi connectivity index (χ2n) is 2.05. The first-order chi connectivity index (χ1) is 5.75. The number of benzene rings is 1. The van der Waals surface area contributed by atoms with Crippen molar-refractivity contribution in [1.82, 2.24) is 5.59 Å². The molecule has 0 aliphatic heterocycles. The molecule has 0 fully saturated rings. The van der Waals surface area contributed by atoms with Crippen molar-refractivity contribution >= 4 is 11.8 Å². The summed E-state index contributed by atoms with van der Waals surface area (Å²) in [7, 11) is 0. The van der Waals surface area contributed by atoms with Crippen LogP contribution >= 0.6 is 0 Å². The van der Waals surface area contributed by atoms with Gasteiger partial charge in [-0.3, -0.25) is 5.21 Å². The van der Waals surface area contributed by atoms with Crippen molar-refractivity contribution in [2.24, 2.45) is 0 Å². The Morgan fingerprint density at radius 3 is 2.33 bits per heavy atom. The average molecular weight is 168 g/mol. The van der Waals surface area contributed by atoms with E-state index in [1.807, 2.05) is 0 Å². The van der Waals surface area contributed by atoms with E-state index in [4.69, 9.17) is 10.3 Å². The van der Waals surface area contributed by atoms with Gasteiger partial charge in [0.25, 0.3) is 0 Å². The Labute approximate surface area is 68.8 Å². The van der Waals surface area contributed by atoms with Gasteiger partial charge in [0.1, 0.15) is 0 Å². The third-order valence-electron chi connectivity index (χ3n) is 1.31. The molecule has 1 rings (SSSR count). The number of hydrogen-bond acceptors (Lipinski definition) is 3. The predicted octanol–water partition coefficient (Wildman–Crippen LogP) is 1.06. The molecule has 5 nitrogen and oxygen atoms in total. The third kappa shape index (κ3) is 1.71. The normalized spacial score (nSPS) is 9.42. The van der Waals surface area contributed by atoms with E-state index in [1.165, 1.54) is 0 Å². The molecule has 1 aromatic carbocycles. The maximum atomic E-state index is 10.4. The van der Waals surface area contributed by atoms with Crippen LogP contribution < -0.4 is 10.6 Å². The molecule has 0 saturated carbocycles. The van der Waals surface area contributed by atoms with Crippen LogP contribution in [0.5, 0.6) is 0 Å². The molecule has 0 aromatic heterocycles. The molecule has 0 aliphatic rings. The predicted molar refractivity (Wildman–Crippen MR) is 41.9 cm³/mol. The van der Waals surface area contributed by atoms with Gasteiger partial charge in [-0.15, -0.1) is 5.59 Å². The number of amides is 1. The van der Waals surface area contributed by atoms with Crippen molar-refractivity contribution in [2.45, 2.75) is 0 Å². The molecule has 0 aliphatic carbocycles. The molecule has 1 amide bonds. The number of nitrogens with one attached hydrogen (secondary N) is 1. The SMILES string of the molecule is O=C(O)N(NO)c1ccccc1. The summed E-state index contributed by atoms with van der Waals surface area (Å²) in [6.07, 6.45) is -1.27. The van der Waals surface area contributed by atoms with Crippen LogP contribution in [-0.4, -0.2) is 16.4 Å². The van der Waals surface area contributed by atoms with Crippen molar-refractivity contribution in [2.75, 3.05) is 5.01 Å². The second kappa shape index (κ2) is 3.70. The van der Waals surface area contributed by atoms with Gasteiger partial charge in [-0.2, -0.15) is 5.01 Å². The molecular weight excluding hydrogens is 160 g/mol. The van der Waals surface area contributed by atoms with E-state index in [9.17, 15) is 4.79 Å². The van der Waals surface area contributed by atoms with Gasteiger partial charge in [0.2, 0.25) is 0 Å². The van der Waals surface area contributed by atoms with E-state index in [-0.39, 0.29) is 0 Å². The maximum Gasteiger partial charge on any atom is 0.428 e. The highest BCUT2D eigenvalue weighted by Crippen LogP contribution is 2.09. The van der Waals surface area contributed by atoms with Crippen molar-refractivity contribution in [3.63, 3.8) is 0 Å². The first kappa shape index (κ1) is 8.51. The first-order valence-electron chi connectivity index (χ1n) is 3.23. The van der Waals surface area contributed by atoms with Gasteiger partial charge < -0.3 is 5.11 Å². The van der Waals surface area contributed by atoms with Gasteiger partial charge in [-0.1, -0.05) is 18.2 Å². The Balaban J connectivity index is 2.88. The molecule has 0 unspecified atom stereocenters. The zero-order valence-electron chi connectivity index (χ0n) is 6.14. The van der Waals surface area contributed by atoms with Crippen LogP contribution in [-0.2, 0) is 0 Å². The molecular formula is C7H8N2O3. The van der Waals surface area contributed by atoms with Crippen LogP contribution in [0.25, 0.3) is 0 Å². The minimum atomic E-state index is -1.27. The number of hydrazine groups is 1. The van der Waals surface area contributed by atoms with E-state index in [0.717, 1.165) is 0 Å². The van der Waals surface area contributed by atoms with Crippen LogP contribution in [0.15, 0.2) is 30.3 Å². The number of carbonyl (C=O) groups is 1. The number of para-hydroxylation sites is 1. The highest BCUT2D eigenvalue weighted by atomic mass is 16.5. The fourth-order valence-corrected chi connectivity index (χ4v) is 0.788. The molecule has 0 spiro atoms. The Morgan fingerprint density at radius 1 is 1.33 bits per heavy atom. The van der Waals surface area contributed by atoms with E-state index < -0.39 is 6.09 Å². The number of hydrogen-bond donors (Lipinski definition) is 3. The topological polar surface area (TPSA) is 72.8 Å². The summed E-state index contributed by atoms with van der Waals surface area (Å²) in [6, 6.07) is 8.20. The van der Waals surface area contributed by atoms with E-state index >= 15 is 0 Å². The molecule has 64 valence electrons. The van der Waals surface area contributed by atoms with Crippen molar-refractivity contribution in [3.8, 4) is 0 Å². The van der Waals surface area contributed by atoms with Gasteiger partial charge in [0.15, 0.2) is 0 Å². The summed E-state index contributed by atoms with van der Waals surface area (Å²) < 4.78 is 0. The molecule has 0 bridgehead atoms. The van der Waals surface area contributed by atoms with Gasteiger partial charge in [-0.05, 0) is 12.1 Å². The number of carboxylic acid groups (broad SMARTS) is 1. The largest absolute Gasteiger partial charge is 0.464 e. The Bertz CT molecular complexity index is 263. The number of rotatable bonds is 2. The maximum absolute atomic E-state index is 10.4. The summed E-state index contributed by atoms with van der Waals surface area (Å²) in [5, 5.41) is 17.6. The zero-order valence-corrected chi connectivity index (χ0v) is 6.14. The van der Waals surface area contributed by atoms with Crippen LogP contribution in [0.4, 0.5) is 10.5 Å². The minimum absolute atomic E-state index is 0.354.